The van der Waals surface area contributed by atoms with Crippen molar-refractivity contribution in [1.82, 2.24) is 4.90 Å². The number of Topliss-reactive ketones (excluding diaryl/α,β-unsaturated/α-hetero) is 1. The summed E-state index contributed by atoms with van der Waals surface area (Å²) >= 11 is 0. The van der Waals surface area contributed by atoms with Crippen LogP contribution in [0.1, 0.15) is 55.0 Å². The van der Waals surface area contributed by atoms with Crippen LogP contribution in [0.3, 0.4) is 0 Å². The number of carbonyl (C=O) groups excluding carboxylic acids is 2. The molecule has 0 saturated carbocycles. The zero-order valence-corrected chi connectivity index (χ0v) is 18.9. The lowest BCUT2D eigenvalue weighted by atomic mass is 9.92. The molecule has 2 atom stereocenters. The summed E-state index contributed by atoms with van der Waals surface area (Å²) in [5.74, 6) is -0.319. The molecule has 0 spiro atoms. The maximum absolute atomic E-state index is 13.1. The number of ether oxygens (including phenoxy) is 2. The molecule has 0 radical (unpaired) electrons. The molecular formula is C26H29NO5. The predicted octanol–water partition coefficient (Wildman–Crippen LogP) is 4.20. The van der Waals surface area contributed by atoms with Crippen LogP contribution in [0.15, 0.2) is 48.0 Å². The Morgan fingerprint density at radius 2 is 1.91 bits per heavy atom. The van der Waals surface area contributed by atoms with Crippen molar-refractivity contribution in [3.63, 3.8) is 0 Å². The van der Waals surface area contributed by atoms with E-state index >= 15 is 0 Å². The Labute approximate surface area is 188 Å². The van der Waals surface area contributed by atoms with E-state index in [0.717, 1.165) is 28.9 Å². The molecule has 2 aliphatic rings. The molecule has 0 aromatic heterocycles. The molecule has 6 heteroatoms. The average Bonchev–Trinajstić information content (AvgIpc) is 3.27. The second-order valence-electron chi connectivity index (χ2n) is 8.76. The number of benzene rings is 2. The third-order valence-corrected chi connectivity index (χ3v) is 6.16. The first-order valence-corrected chi connectivity index (χ1v) is 11.0. The van der Waals surface area contributed by atoms with E-state index in [4.69, 9.17) is 9.47 Å². The van der Waals surface area contributed by atoms with Gasteiger partial charge in [-0.2, -0.15) is 0 Å². The number of hydrogen-bond donors (Lipinski definition) is 1. The average molecular weight is 436 g/mol. The SMILES string of the molecule is COCCN1C(=O)C(=O)/C(=C(/O)c2ccc3c(c2)C[C@@H](C)O3)[C@@H]1c1ccc(C(C)C)cc1. The lowest BCUT2D eigenvalue weighted by Gasteiger charge is -2.25. The topological polar surface area (TPSA) is 76.1 Å². The minimum absolute atomic E-state index is 0.0708. The molecule has 1 fully saturated rings. The Morgan fingerprint density at radius 3 is 2.56 bits per heavy atom. The van der Waals surface area contributed by atoms with Gasteiger partial charge in [-0.3, -0.25) is 9.59 Å². The van der Waals surface area contributed by atoms with Crippen LogP contribution in [-0.2, 0) is 20.7 Å². The van der Waals surface area contributed by atoms with Crippen molar-refractivity contribution in [2.75, 3.05) is 20.3 Å². The number of aliphatic hydroxyl groups is 1. The summed E-state index contributed by atoms with van der Waals surface area (Å²) in [5.41, 5.74) is 3.54. The molecule has 2 aromatic carbocycles. The quantitative estimate of drug-likeness (QED) is 0.418. The highest BCUT2D eigenvalue weighted by Gasteiger charge is 2.46. The van der Waals surface area contributed by atoms with Gasteiger partial charge in [-0.05, 0) is 47.7 Å². The minimum atomic E-state index is -0.679. The monoisotopic (exact) mass is 435 g/mol. The second kappa shape index (κ2) is 8.79. The Bertz CT molecular complexity index is 1070. The summed E-state index contributed by atoms with van der Waals surface area (Å²) in [4.78, 5) is 27.5. The molecule has 4 rings (SSSR count). The lowest BCUT2D eigenvalue weighted by Crippen LogP contribution is -2.32. The standard InChI is InChI=1S/C26H29NO5/c1-15(2)17-5-7-18(8-6-17)23-22(25(29)26(30)27(23)11-12-31-4)24(28)19-9-10-21-20(14-19)13-16(3)32-21/h5-10,14-16,23,28H,11-13H2,1-4H3/b24-22+/t16-,23+/m1/s1. The number of fused-ring (bicyclic) bond motifs is 1. The normalized spacial score (nSPS) is 21.8. The fraction of sp³-hybridized carbons (Fsp3) is 0.385. The van der Waals surface area contributed by atoms with Crippen LogP contribution < -0.4 is 4.74 Å². The number of likely N-dealkylation sites (tertiary alicyclic amines) is 1. The molecule has 2 aliphatic heterocycles. The third-order valence-electron chi connectivity index (χ3n) is 6.16. The number of carbonyl (C=O) groups is 2. The van der Waals surface area contributed by atoms with Crippen molar-refractivity contribution in [3.05, 3.63) is 70.3 Å². The number of ketones is 1. The van der Waals surface area contributed by atoms with E-state index in [1.807, 2.05) is 37.3 Å². The van der Waals surface area contributed by atoms with Gasteiger partial charge in [-0.15, -0.1) is 0 Å². The molecule has 32 heavy (non-hydrogen) atoms. The Balaban J connectivity index is 1.81. The summed E-state index contributed by atoms with van der Waals surface area (Å²) in [7, 11) is 1.55. The van der Waals surface area contributed by atoms with Gasteiger partial charge < -0.3 is 19.5 Å². The fourth-order valence-electron chi connectivity index (χ4n) is 4.43. The van der Waals surface area contributed by atoms with Crippen LogP contribution in [0.4, 0.5) is 0 Å². The Hall–Kier alpha value is -3.12. The first-order chi connectivity index (χ1) is 15.3. The fourth-order valence-corrected chi connectivity index (χ4v) is 4.43. The van der Waals surface area contributed by atoms with E-state index in [-0.39, 0.29) is 24.0 Å². The van der Waals surface area contributed by atoms with Gasteiger partial charge in [0.2, 0.25) is 0 Å². The van der Waals surface area contributed by atoms with Crippen molar-refractivity contribution < 1.29 is 24.2 Å². The van der Waals surface area contributed by atoms with Crippen LogP contribution in [0.5, 0.6) is 5.75 Å². The van der Waals surface area contributed by atoms with Crippen molar-refractivity contribution in [1.29, 1.82) is 0 Å². The summed E-state index contributed by atoms with van der Waals surface area (Å²) in [6.45, 7) is 6.75. The number of aliphatic hydroxyl groups excluding tert-OH is 1. The molecule has 0 bridgehead atoms. The van der Waals surface area contributed by atoms with Gasteiger partial charge in [0.25, 0.3) is 11.7 Å². The van der Waals surface area contributed by atoms with Crippen molar-refractivity contribution in [2.24, 2.45) is 0 Å². The van der Waals surface area contributed by atoms with Crippen LogP contribution in [0, 0.1) is 0 Å². The highest BCUT2D eigenvalue weighted by Crippen LogP contribution is 2.40. The molecule has 1 amide bonds. The predicted molar refractivity (Wildman–Crippen MR) is 122 cm³/mol. The number of rotatable bonds is 6. The maximum Gasteiger partial charge on any atom is 0.295 e. The van der Waals surface area contributed by atoms with Gasteiger partial charge in [-0.25, -0.2) is 0 Å². The van der Waals surface area contributed by atoms with E-state index < -0.39 is 17.7 Å². The minimum Gasteiger partial charge on any atom is -0.507 e. The summed E-state index contributed by atoms with van der Waals surface area (Å²) in [6, 6.07) is 12.6. The van der Waals surface area contributed by atoms with Crippen molar-refractivity contribution >= 4 is 17.4 Å². The van der Waals surface area contributed by atoms with E-state index in [1.54, 1.807) is 19.2 Å². The van der Waals surface area contributed by atoms with Gasteiger partial charge >= 0.3 is 0 Å². The van der Waals surface area contributed by atoms with Gasteiger partial charge in [0.15, 0.2) is 0 Å². The summed E-state index contributed by atoms with van der Waals surface area (Å²) < 4.78 is 10.9. The van der Waals surface area contributed by atoms with Crippen molar-refractivity contribution in [2.45, 2.75) is 45.3 Å². The lowest BCUT2D eigenvalue weighted by molar-refractivity contribution is -0.140. The zero-order chi connectivity index (χ0) is 23.0. The molecule has 1 N–H and O–H groups in total. The van der Waals surface area contributed by atoms with Crippen LogP contribution >= 0.6 is 0 Å². The van der Waals surface area contributed by atoms with Crippen LogP contribution in [0.2, 0.25) is 0 Å². The first-order valence-electron chi connectivity index (χ1n) is 11.0. The Morgan fingerprint density at radius 1 is 1.19 bits per heavy atom. The molecule has 0 unspecified atom stereocenters. The molecule has 1 saturated heterocycles. The van der Waals surface area contributed by atoms with Crippen molar-refractivity contribution in [3.8, 4) is 5.75 Å². The summed E-state index contributed by atoms with van der Waals surface area (Å²) in [5, 5.41) is 11.2. The smallest absolute Gasteiger partial charge is 0.295 e. The largest absolute Gasteiger partial charge is 0.507 e. The molecule has 0 aliphatic carbocycles. The molecule has 6 nitrogen and oxygen atoms in total. The number of amides is 1. The number of nitrogens with zero attached hydrogens (tertiary/aromatic N) is 1. The van der Waals surface area contributed by atoms with E-state index in [1.165, 1.54) is 4.90 Å². The van der Waals surface area contributed by atoms with Gasteiger partial charge in [0.05, 0.1) is 18.2 Å². The molecular weight excluding hydrogens is 406 g/mol. The van der Waals surface area contributed by atoms with Gasteiger partial charge in [0, 0.05) is 25.6 Å². The number of methoxy groups -OCH3 is 1. The first kappa shape index (κ1) is 22.1. The zero-order valence-electron chi connectivity index (χ0n) is 18.9. The molecule has 2 heterocycles. The van der Waals surface area contributed by atoms with Gasteiger partial charge in [0.1, 0.15) is 17.6 Å². The highest BCUT2D eigenvalue weighted by atomic mass is 16.5. The molecule has 168 valence electrons. The third kappa shape index (κ3) is 3.91. The van der Waals surface area contributed by atoms with Crippen LogP contribution in [0.25, 0.3) is 5.76 Å². The molecule has 2 aromatic rings. The second-order valence-corrected chi connectivity index (χ2v) is 8.76. The number of hydrogen-bond acceptors (Lipinski definition) is 5. The maximum atomic E-state index is 13.1. The Kier molecular flexibility index (Phi) is 6.07. The van der Waals surface area contributed by atoms with E-state index in [2.05, 4.69) is 13.8 Å². The summed E-state index contributed by atoms with van der Waals surface area (Å²) in [6.07, 6.45) is 0.806. The van der Waals surface area contributed by atoms with E-state index in [0.29, 0.717) is 18.1 Å². The van der Waals surface area contributed by atoms with E-state index in [9.17, 15) is 14.7 Å². The van der Waals surface area contributed by atoms with Crippen LogP contribution in [-0.4, -0.2) is 48.1 Å². The van der Waals surface area contributed by atoms with Gasteiger partial charge in [-0.1, -0.05) is 38.1 Å². The highest BCUT2D eigenvalue weighted by molar-refractivity contribution is 6.46.